The third-order valence-electron chi connectivity index (χ3n) is 6.62. The zero-order chi connectivity index (χ0) is 22.7. The monoisotopic (exact) mass is 438 g/mol. The first-order valence-corrected chi connectivity index (χ1v) is 11.1. The SMILES string of the molecule is Cn1nccc1-c1ccc2c(c1)CN(C(=CC1CC1)CN1C(=O)c3ccccc3C1=O)C2=O. The molecule has 0 bridgehead atoms. The summed E-state index contributed by atoms with van der Waals surface area (Å²) < 4.78 is 1.80. The Hall–Kier alpha value is -4.00. The lowest BCUT2D eigenvalue weighted by Gasteiger charge is -2.24. The van der Waals surface area contributed by atoms with Gasteiger partial charge in [0.05, 0.1) is 29.9 Å². The van der Waals surface area contributed by atoms with Crippen LogP contribution in [0.5, 0.6) is 0 Å². The lowest BCUT2D eigenvalue weighted by molar-refractivity contribution is 0.0639. The molecule has 1 aromatic heterocycles. The normalized spacial score (nSPS) is 17.7. The van der Waals surface area contributed by atoms with Crippen molar-refractivity contribution in [3.05, 3.63) is 88.8 Å². The minimum atomic E-state index is -0.306. The van der Waals surface area contributed by atoms with Crippen molar-refractivity contribution in [3.63, 3.8) is 0 Å². The number of aryl methyl sites for hydroxylation is 1. The Labute approximate surface area is 190 Å². The van der Waals surface area contributed by atoms with E-state index in [1.165, 1.54) is 4.90 Å². The second kappa shape index (κ2) is 7.27. The summed E-state index contributed by atoms with van der Waals surface area (Å²) in [5.41, 5.74) is 5.12. The van der Waals surface area contributed by atoms with Crippen LogP contribution in [-0.4, -0.2) is 43.8 Å². The molecule has 2 aromatic carbocycles. The molecular formula is C26H22N4O3. The maximum atomic E-state index is 13.3. The van der Waals surface area contributed by atoms with Crippen molar-refractivity contribution in [2.45, 2.75) is 19.4 Å². The predicted molar refractivity (Wildman–Crippen MR) is 121 cm³/mol. The summed E-state index contributed by atoms with van der Waals surface area (Å²) in [6.07, 6.45) is 5.93. The van der Waals surface area contributed by atoms with Gasteiger partial charge in [-0.25, -0.2) is 0 Å². The highest BCUT2D eigenvalue weighted by Crippen LogP contribution is 2.36. The maximum absolute atomic E-state index is 13.3. The van der Waals surface area contributed by atoms with E-state index in [9.17, 15) is 14.4 Å². The molecule has 1 fully saturated rings. The van der Waals surface area contributed by atoms with Gasteiger partial charge in [-0.05, 0) is 54.7 Å². The van der Waals surface area contributed by atoms with E-state index >= 15 is 0 Å². The molecule has 7 heteroatoms. The number of benzene rings is 2. The van der Waals surface area contributed by atoms with Gasteiger partial charge in [0.1, 0.15) is 0 Å². The highest BCUT2D eigenvalue weighted by atomic mass is 16.2. The summed E-state index contributed by atoms with van der Waals surface area (Å²) in [5.74, 6) is -0.318. The molecule has 0 unspecified atom stereocenters. The molecule has 3 amide bonds. The van der Waals surface area contributed by atoms with Crippen LogP contribution in [0.2, 0.25) is 0 Å². The fourth-order valence-electron chi connectivity index (χ4n) is 4.68. The molecular weight excluding hydrogens is 416 g/mol. The Balaban J connectivity index is 1.31. The zero-order valence-electron chi connectivity index (χ0n) is 18.2. The topological polar surface area (TPSA) is 75.5 Å². The van der Waals surface area contributed by atoms with Gasteiger partial charge in [0.2, 0.25) is 0 Å². The number of hydrogen-bond acceptors (Lipinski definition) is 4. The molecule has 0 spiro atoms. The molecule has 164 valence electrons. The number of aromatic nitrogens is 2. The summed E-state index contributed by atoms with van der Waals surface area (Å²) in [5, 5.41) is 4.23. The first kappa shape index (κ1) is 19.7. The molecule has 7 nitrogen and oxygen atoms in total. The van der Waals surface area contributed by atoms with Gasteiger partial charge in [-0.3, -0.25) is 24.0 Å². The molecule has 2 aliphatic heterocycles. The molecule has 1 aliphatic carbocycles. The zero-order valence-corrected chi connectivity index (χ0v) is 18.2. The van der Waals surface area contributed by atoms with Gasteiger partial charge < -0.3 is 4.90 Å². The van der Waals surface area contributed by atoms with Gasteiger partial charge in [-0.2, -0.15) is 5.10 Å². The van der Waals surface area contributed by atoms with Crippen LogP contribution in [0.4, 0.5) is 0 Å². The van der Waals surface area contributed by atoms with Crippen molar-refractivity contribution in [3.8, 4) is 11.3 Å². The van der Waals surface area contributed by atoms with Gasteiger partial charge in [0.15, 0.2) is 0 Å². The Morgan fingerprint density at radius 1 is 0.970 bits per heavy atom. The summed E-state index contributed by atoms with van der Waals surface area (Å²) in [6.45, 7) is 0.513. The predicted octanol–water partition coefficient (Wildman–Crippen LogP) is 3.63. The number of nitrogens with zero attached hydrogens (tertiary/aromatic N) is 4. The van der Waals surface area contributed by atoms with E-state index in [1.54, 1.807) is 40.0 Å². The van der Waals surface area contributed by atoms with Crippen molar-refractivity contribution in [2.75, 3.05) is 6.54 Å². The lowest BCUT2D eigenvalue weighted by atomic mass is 10.0. The summed E-state index contributed by atoms with van der Waals surface area (Å²) in [6, 6.07) is 14.6. The van der Waals surface area contributed by atoms with Crippen molar-refractivity contribution in [1.82, 2.24) is 19.6 Å². The lowest BCUT2D eigenvalue weighted by Crippen LogP contribution is -2.37. The number of rotatable bonds is 5. The van der Waals surface area contributed by atoms with E-state index < -0.39 is 0 Å². The summed E-state index contributed by atoms with van der Waals surface area (Å²) >= 11 is 0. The number of amides is 3. The van der Waals surface area contributed by atoms with E-state index in [-0.39, 0.29) is 24.3 Å². The van der Waals surface area contributed by atoms with Crippen molar-refractivity contribution >= 4 is 17.7 Å². The highest BCUT2D eigenvalue weighted by molar-refractivity contribution is 6.21. The number of fused-ring (bicyclic) bond motifs is 2. The molecule has 1 saturated carbocycles. The summed E-state index contributed by atoms with van der Waals surface area (Å²) in [4.78, 5) is 42.2. The molecule has 0 radical (unpaired) electrons. The van der Waals surface area contributed by atoms with Gasteiger partial charge in [-0.1, -0.05) is 24.3 Å². The Kier molecular flexibility index (Phi) is 4.33. The third-order valence-corrected chi connectivity index (χ3v) is 6.62. The smallest absolute Gasteiger partial charge is 0.261 e. The van der Waals surface area contributed by atoms with Crippen molar-refractivity contribution in [1.29, 1.82) is 0 Å². The number of carbonyl (C=O) groups excluding carboxylic acids is 3. The molecule has 33 heavy (non-hydrogen) atoms. The minimum absolute atomic E-state index is 0.0925. The second-order valence-corrected chi connectivity index (χ2v) is 8.84. The van der Waals surface area contributed by atoms with E-state index in [2.05, 4.69) is 11.2 Å². The first-order chi connectivity index (χ1) is 16.0. The average molecular weight is 438 g/mol. The number of carbonyl (C=O) groups is 3. The Bertz CT molecular complexity index is 1330. The molecule has 3 aliphatic rings. The molecule has 3 aromatic rings. The molecule has 6 rings (SSSR count). The van der Waals surface area contributed by atoms with Gasteiger partial charge in [-0.15, -0.1) is 0 Å². The maximum Gasteiger partial charge on any atom is 0.261 e. The standard InChI is InChI=1S/C26H22N4O3/c1-28-23(10-11-27-28)17-8-9-20-18(13-17)14-29(24(20)31)19(12-16-6-7-16)15-30-25(32)21-4-2-3-5-22(21)26(30)33/h2-5,8-13,16H,6-7,14-15H2,1H3. The molecule has 0 atom stereocenters. The largest absolute Gasteiger partial charge is 0.306 e. The minimum Gasteiger partial charge on any atom is -0.306 e. The van der Waals surface area contributed by atoms with Crippen molar-refractivity contribution < 1.29 is 14.4 Å². The van der Waals surface area contributed by atoms with E-state index in [0.717, 1.165) is 35.4 Å². The quantitative estimate of drug-likeness (QED) is 0.570. The van der Waals surface area contributed by atoms with E-state index in [4.69, 9.17) is 0 Å². The van der Waals surface area contributed by atoms with Crippen LogP contribution in [-0.2, 0) is 13.6 Å². The molecule has 0 saturated heterocycles. The van der Waals surface area contributed by atoms with Crippen molar-refractivity contribution in [2.24, 2.45) is 13.0 Å². The number of hydrogen-bond donors (Lipinski definition) is 0. The van der Waals surface area contributed by atoms with Crippen LogP contribution < -0.4 is 0 Å². The van der Waals surface area contributed by atoms with E-state index in [1.807, 2.05) is 31.3 Å². The third kappa shape index (κ3) is 3.19. The van der Waals surface area contributed by atoms with Gasteiger partial charge >= 0.3 is 0 Å². The average Bonchev–Trinajstić information content (AvgIpc) is 3.37. The number of allylic oxidation sites excluding steroid dienone is 1. The van der Waals surface area contributed by atoms with Gasteiger partial charge in [0.25, 0.3) is 17.7 Å². The second-order valence-electron chi connectivity index (χ2n) is 8.84. The van der Waals surface area contributed by atoms with Crippen LogP contribution in [0.15, 0.2) is 66.5 Å². The Morgan fingerprint density at radius 2 is 1.70 bits per heavy atom. The fraction of sp³-hybridized carbons (Fsp3) is 0.231. The number of imide groups is 1. The van der Waals surface area contributed by atoms with Gasteiger partial charge in [0, 0.05) is 30.1 Å². The fourth-order valence-corrected chi connectivity index (χ4v) is 4.68. The molecule has 0 N–H and O–H groups in total. The Morgan fingerprint density at radius 3 is 2.33 bits per heavy atom. The van der Waals surface area contributed by atoms with Crippen LogP contribution >= 0.6 is 0 Å². The summed E-state index contributed by atoms with van der Waals surface area (Å²) in [7, 11) is 1.89. The van der Waals surface area contributed by atoms with Crippen LogP contribution in [0.25, 0.3) is 11.3 Å². The van der Waals surface area contributed by atoms with Crippen LogP contribution in [0.1, 0.15) is 49.5 Å². The van der Waals surface area contributed by atoms with E-state index in [0.29, 0.717) is 29.2 Å². The molecule has 3 heterocycles. The first-order valence-electron chi connectivity index (χ1n) is 11.1. The highest BCUT2D eigenvalue weighted by Gasteiger charge is 2.39. The van der Waals surface area contributed by atoms with Crippen LogP contribution in [0, 0.1) is 5.92 Å². The van der Waals surface area contributed by atoms with Crippen LogP contribution in [0.3, 0.4) is 0 Å².